The van der Waals surface area contributed by atoms with Crippen LogP contribution < -0.4 is 10.2 Å². The summed E-state index contributed by atoms with van der Waals surface area (Å²) in [7, 11) is 0. The third-order valence-corrected chi connectivity index (χ3v) is 5.91. The fourth-order valence-electron chi connectivity index (χ4n) is 4.11. The average molecular weight is 393 g/mol. The Labute approximate surface area is 162 Å². The number of likely N-dealkylation sites (N-methyl/N-ethyl adjacent to an activating group) is 1. The van der Waals surface area contributed by atoms with Crippen LogP contribution in [0.4, 0.5) is 19.3 Å². The van der Waals surface area contributed by atoms with Crippen molar-refractivity contribution in [1.29, 1.82) is 0 Å². The van der Waals surface area contributed by atoms with Gasteiger partial charge in [0, 0.05) is 18.3 Å². The minimum atomic E-state index is -1.06. The van der Waals surface area contributed by atoms with Gasteiger partial charge in [0.05, 0.1) is 0 Å². The summed E-state index contributed by atoms with van der Waals surface area (Å²) >= 11 is 0. The van der Waals surface area contributed by atoms with E-state index >= 15 is 0 Å². The molecule has 1 N–H and O–H groups in total. The number of urea groups is 1. The molecule has 8 heteroatoms. The summed E-state index contributed by atoms with van der Waals surface area (Å²) in [4.78, 5) is 40.2. The smallest absolute Gasteiger partial charge is 0.323 e. The standard InChI is InChI=1S/C20H25F2N3O3/c1-3-13-7-9-20(10-8-13)18(27)25(19(28)23-20)12-17(26)24(4-2)14-5-6-15(21)16(22)11-14/h5-6,11,13H,3-4,7-10,12H2,1-2H3,(H,23,28). The molecule has 1 saturated carbocycles. The number of hydrogen-bond acceptors (Lipinski definition) is 3. The van der Waals surface area contributed by atoms with Gasteiger partial charge in [-0.3, -0.25) is 14.5 Å². The molecule has 1 spiro atoms. The highest BCUT2D eigenvalue weighted by Crippen LogP contribution is 2.37. The monoisotopic (exact) mass is 393 g/mol. The number of nitrogens with one attached hydrogen (secondary N) is 1. The van der Waals surface area contributed by atoms with E-state index in [-0.39, 0.29) is 18.1 Å². The van der Waals surface area contributed by atoms with Crippen molar-refractivity contribution in [2.45, 2.75) is 51.5 Å². The fourth-order valence-corrected chi connectivity index (χ4v) is 4.11. The first kappa shape index (κ1) is 20.2. The summed E-state index contributed by atoms with van der Waals surface area (Å²) in [6.45, 7) is 3.55. The van der Waals surface area contributed by atoms with Crippen LogP contribution in [0.1, 0.15) is 46.0 Å². The van der Waals surface area contributed by atoms with Crippen molar-refractivity contribution in [2.75, 3.05) is 18.0 Å². The summed E-state index contributed by atoms with van der Waals surface area (Å²) in [5, 5.41) is 2.79. The van der Waals surface area contributed by atoms with E-state index in [4.69, 9.17) is 0 Å². The fraction of sp³-hybridized carbons (Fsp3) is 0.550. The van der Waals surface area contributed by atoms with E-state index in [2.05, 4.69) is 12.2 Å². The Morgan fingerprint density at radius 3 is 2.46 bits per heavy atom. The summed E-state index contributed by atoms with van der Waals surface area (Å²) in [5.74, 6) is -2.43. The van der Waals surface area contributed by atoms with Crippen LogP contribution in [0.25, 0.3) is 0 Å². The van der Waals surface area contributed by atoms with E-state index in [0.29, 0.717) is 18.8 Å². The molecule has 1 aromatic rings. The first-order chi connectivity index (χ1) is 13.3. The zero-order valence-corrected chi connectivity index (χ0v) is 16.1. The van der Waals surface area contributed by atoms with Crippen LogP contribution in [0.3, 0.4) is 0 Å². The van der Waals surface area contributed by atoms with Gasteiger partial charge in [0.2, 0.25) is 5.91 Å². The van der Waals surface area contributed by atoms with Crippen molar-refractivity contribution in [3.63, 3.8) is 0 Å². The van der Waals surface area contributed by atoms with Crippen LogP contribution in [0, 0.1) is 17.6 Å². The third-order valence-electron chi connectivity index (χ3n) is 5.91. The first-order valence-electron chi connectivity index (χ1n) is 9.70. The predicted octanol–water partition coefficient (Wildman–Crippen LogP) is 3.21. The highest BCUT2D eigenvalue weighted by atomic mass is 19.2. The Morgan fingerprint density at radius 2 is 1.89 bits per heavy atom. The Hall–Kier alpha value is -2.51. The van der Waals surface area contributed by atoms with Gasteiger partial charge in [-0.1, -0.05) is 13.3 Å². The van der Waals surface area contributed by atoms with E-state index in [9.17, 15) is 23.2 Å². The van der Waals surface area contributed by atoms with E-state index in [0.717, 1.165) is 36.3 Å². The van der Waals surface area contributed by atoms with Crippen LogP contribution in [-0.4, -0.2) is 41.4 Å². The number of carbonyl (C=O) groups excluding carboxylic acids is 3. The number of anilines is 1. The largest absolute Gasteiger partial charge is 0.325 e. The molecule has 1 heterocycles. The molecule has 0 radical (unpaired) electrons. The molecule has 1 aliphatic carbocycles. The molecule has 0 atom stereocenters. The van der Waals surface area contributed by atoms with Crippen molar-refractivity contribution in [3.8, 4) is 0 Å². The minimum Gasteiger partial charge on any atom is -0.323 e. The zero-order chi connectivity index (χ0) is 20.5. The Morgan fingerprint density at radius 1 is 1.21 bits per heavy atom. The number of benzene rings is 1. The first-order valence-corrected chi connectivity index (χ1v) is 9.70. The lowest BCUT2D eigenvalue weighted by Crippen LogP contribution is -2.50. The van der Waals surface area contributed by atoms with Gasteiger partial charge in [0.1, 0.15) is 12.1 Å². The number of amides is 4. The van der Waals surface area contributed by atoms with Crippen molar-refractivity contribution in [2.24, 2.45) is 5.92 Å². The van der Waals surface area contributed by atoms with Crippen LogP contribution in [0.15, 0.2) is 18.2 Å². The molecule has 0 bridgehead atoms. The number of rotatable bonds is 5. The second kappa shape index (κ2) is 7.85. The zero-order valence-electron chi connectivity index (χ0n) is 16.1. The van der Waals surface area contributed by atoms with Crippen LogP contribution in [-0.2, 0) is 9.59 Å². The van der Waals surface area contributed by atoms with Crippen molar-refractivity contribution in [3.05, 3.63) is 29.8 Å². The topological polar surface area (TPSA) is 69.7 Å². The SMILES string of the molecule is CCC1CCC2(CC1)NC(=O)N(CC(=O)N(CC)c1ccc(F)c(F)c1)C2=O. The van der Waals surface area contributed by atoms with E-state index in [1.165, 1.54) is 11.0 Å². The van der Waals surface area contributed by atoms with Crippen molar-refractivity contribution in [1.82, 2.24) is 10.2 Å². The van der Waals surface area contributed by atoms with E-state index < -0.39 is 35.7 Å². The maximum atomic E-state index is 13.5. The lowest BCUT2D eigenvalue weighted by atomic mass is 9.75. The second-order valence-electron chi connectivity index (χ2n) is 7.49. The normalized spacial score (nSPS) is 24.6. The van der Waals surface area contributed by atoms with Gasteiger partial charge in [0.15, 0.2) is 11.6 Å². The lowest BCUT2D eigenvalue weighted by Gasteiger charge is -2.34. The molecule has 6 nitrogen and oxygen atoms in total. The molecule has 0 aromatic heterocycles. The van der Waals surface area contributed by atoms with Gasteiger partial charge in [-0.25, -0.2) is 13.6 Å². The molecule has 152 valence electrons. The highest BCUT2D eigenvalue weighted by molar-refractivity contribution is 6.10. The number of nitrogens with zero attached hydrogens (tertiary/aromatic N) is 2. The Bertz CT molecular complexity index is 791. The number of hydrogen-bond donors (Lipinski definition) is 1. The van der Waals surface area contributed by atoms with Crippen LogP contribution in [0.5, 0.6) is 0 Å². The Kier molecular flexibility index (Phi) is 5.67. The maximum Gasteiger partial charge on any atom is 0.325 e. The quantitative estimate of drug-likeness (QED) is 0.781. The number of halogens is 2. The summed E-state index contributed by atoms with van der Waals surface area (Å²) in [6.07, 6.45) is 3.91. The van der Waals surface area contributed by atoms with Crippen molar-refractivity contribution >= 4 is 23.5 Å². The van der Waals surface area contributed by atoms with Crippen LogP contribution in [0.2, 0.25) is 0 Å². The summed E-state index contributed by atoms with van der Waals surface area (Å²) in [6, 6.07) is 2.58. The molecule has 0 unspecified atom stereocenters. The van der Waals surface area contributed by atoms with Crippen LogP contribution >= 0.6 is 0 Å². The molecule has 4 amide bonds. The second-order valence-corrected chi connectivity index (χ2v) is 7.49. The molecule has 1 aromatic carbocycles. The third kappa shape index (κ3) is 3.59. The van der Waals surface area contributed by atoms with Gasteiger partial charge >= 0.3 is 6.03 Å². The van der Waals surface area contributed by atoms with Crippen molar-refractivity contribution < 1.29 is 23.2 Å². The van der Waals surface area contributed by atoms with E-state index in [1.807, 2.05) is 0 Å². The predicted molar refractivity (Wildman–Crippen MR) is 99.6 cm³/mol. The lowest BCUT2D eigenvalue weighted by molar-refractivity contribution is -0.135. The average Bonchev–Trinajstić information content (AvgIpc) is 2.90. The molecule has 1 saturated heterocycles. The van der Waals surface area contributed by atoms with Gasteiger partial charge in [-0.05, 0) is 50.7 Å². The van der Waals surface area contributed by atoms with Gasteiger partial charge in [-0.2, -0.15) is 0 Å². The van der Waals surface area contributed by atoms with Gasteiger partial charge in [-0.15, -0.1) is 0 Å². The Balaban J connectivity index is 1.73. The number of imide groups is 1. The minimum absolute atomic E-state index is 0.177. The molecule has 2 fully saturated rings. The molecule has 1 aliphatic heterocycles. The van der Waals surface area contributed by atoms with Gasteiger partial charge < -0.3 is 10.2 Å². The highest BCUT2D eigenvalue weighted by Gasteiger charge is 2.52. The summed E-state index contributed by atoms with van der Waals surface area (Å²) < 4.78 is 26.7. The molecule has 2 aliphatic rings. The molecule has 28 heavy (non-hydrogen) atoms. The summed E-state index contributed by atoms with van der Waals surface area (Å²) in [5.41, 5.74) is -0.737. The van der Waals surface area contributed by atoms with E-state index in [1.54, 1.807) is 6.92 Å². The molecular formula is C20H25F2N3O3. The molecular weight excluding hydrogens is 368 g/mol. The maximum absolute atomic E-state index is 13.5. The molecule has 3 rings (SSSR count). The number of carbonyl (C=O) groups is 3. The van der Waals surface area contributed by atoms with Gasteiger partial charge in [0.25, 0.3) is 5.91 Å².